The first-order chi connectivity index (χ1) is 7.13. The van der Waals surface area contributed by atoms with Crippen molar-refractivity contribution in [2.75, 3.05) is 5.32 Å². The molecule has 4 heteroatoms. The quantitative estimate of drug-likeness (QED) is 0.657. The number of halogens is 1. The molecule has 3 N–H and O–H groups in total. The van der Waals surface area contributed by atoms with E-state index in [1.54, 1.807) is 0 Å². The van der Waals surface area contributed by atoms with Crippen molar-refractivity contribution in [1.29, 1.82) is 0 Å². The van der Waals surface area contributed by atoms with Gasteiger partial charge in [-0.3, -0.25) is 4.79 Å². The Bertz CT molecular complexity index is 398. The maximum absolute atomic E-state index is 11.5. The van der Waals surface area contributed by atoms with Gasteiger partial charge in [-0.25, -0.2) is 0 Å². The Hall–Kier alpha value is -1.06. The Balaban J connectivity index is 2.63. The predicted molar refractivity (Wildman–Crippen MR) is 69.2 cm³/mol. The summed E-state index contributed by atoms with van der Waals surface area (Å²) < 4.78 is 1.05. The molecule has 0 heterocycles. The molecule has 1 atom stereocenters. The standard InChI is InChI=1S/C11H11IN2O/c1-2-4-10(13)11(15)14-9-6-3-5-8(12)7-9/h1,3,5-7,10H,4,13H2,(H,14,15). The fraction of sp³-hybridized carbons (Fsp3) is 0.182. The zero-order valence-corrected chi connectivity index (χ0v) is 10.2. The summed E-state index contributed by atoms with van der Waals surface area (Å²) in [6, 6.07) is 6.83. The molecule has 0 radical (unpaired) electrons. The van der Waals surface area contributed by atoms with Crippen LogP contribution in [0.15, 0.2) is 24.3 Å². The van der Waals surface area contributed by atoms with Crippen LogP contribution in [0.2, 0.25) is 0 Å². The van der Waals surface area contributed by atoms with E-state index in [4.69, 9.17) is 12.2 Å². The summed E-state index contributed by atoms with van der Waals surface area (Å²) in [7, 11) is 0. The van der Waals surface area contributed by atoms with Crippen LogP contribution in [-0.2, 0) is 4.79 Å². The Morgan fingerprint density at radius 3 is 3.00 bits per heavy atom. The number of rotatable bonds is 3. The van der Waals surface area contributed by atoms with Crippen LogP contribution in [0.25, 0.3) is 0 Å². The van der Waals surface area contributed by atoms with Crippen molar-refractivity contribution < 1.29 is 4.79 Å². The number of carbonyl (C=O) groups is 1. The third kappa shape index (κ3) is 3.90. The smallest absolute Gasteiger partial charge is 0.242 e. The van der Waals surface area contributed by atoms with Gasteiger partial charge in [0.05, 0.1) is 6.04 Å². The number of anilines is 1. The number of benzene rings is 1. The lowest BCUT2D eigenvalue weighted by molar-refractivity contribution is -0.117. The van der Waals surface area contributed by atoms with Crippen LogP contribution in [0.4, 0.5) is 5.69 Å². The van der Waals surface area contributed by atoms with Gasteiger partial charge in [0, 0.05) is 15.7 Å². The molecule has 0 aliphatic rings. The molecule has 15 heavy (non-hydrogen) atoms. The highest BCUT2D eigenvalue weighted by atomic mass is 127. The molecule has 0 spiro atoms. The van der Waals surface area contributed by atoms with Gasteiger partial charge < -0.3 is 11.1 Å². The number of nitrogens with one attached hydrogen (secondary N) is 1. The normalized spacial score (nSPS) is 11.5. The monoisotopic (exact) mass is 314 g/mol. The number of hydrogen-bond donors (Lipinski definition) is 2. The van der Waals surface area contributed by atoms with Crippen LogP contribution in [-0.4, -0.2) is 11.9 Å². The Morgan fingerprint density at radius 2 is 2.40 bits per heavy atom. The molecule has 1 amide bonds. The first kappa shape index (κ1) is 12.0. The summed E-state index contributed by atoms with van der Waals surface area (Å²) in [4.78, 5) is 11.5. The van der Waals surface area contributed by atoms with E-state index in [-0.39, 0.29) is 12.3 Å². The predicted octanol–water partition coefficient (Wildman–Crippen LogP) is 1.58. The topological polar surface area (TPSA) is 55.1 Å². The highest BCUT2D eigenvalue weighted by Gasteiger charge is 2.11. The van der Waals surface area contributed by atoms with Crippen LogP contribution in [0, 0.1) is 15.9 Å². The van der Waals surface area contributed by atoms with E-state index in [1.165, 1.54) is 0 Å². The highest BCUT2D eigenvalue weighted by Crippen LogP contribution is 2.12. The average molecular weight is 314 g/mol. The van der Waals surface area contributed by atoms with E-state index < -0.39 is 6.04 Å². The van der Waals surface area contributed by atoms with Crippen LogP contribution < -0.4 is 11.1 Å². The zero-order chi connectivity index (χ0) is 11.3. The van der Waals surface area contributed by atoms with E-state index in [2.05, 4.69) is 33.8 Å². The molecule has 1 rings (SSSR count). The summed E-state index contributed by atoms with van der Waals surface area (Å²) in [5.74, 6) is 2.10. The zero-order valence-electron chi connectivity index (χ0n) is 8.03. The largest absolute Gasteiger partial charge is 0.325 e. The van der Waals surface area contributed by atoms with Crippen molar-refractivity contribution in [3.63, 3.8) is 0 Å². The van der Waals surface area contributed by atoms with Crippen LogP contribution >= 0.6 is 22.6 Å². The fourth-order valence-corrected chi connectivity index (χ4v) is 1.56. The molecule has 1 unspecified atom stereocenters. The van der Waals surface area contributed by atoms with Gasteiger partial charge in [-0.1, -0.05) is 6.07 Å². The summed E-state index contributed by atoms with van der Waals surface area (Å²) >= 11 is 2.17. The molecule has 0 saturated heterocycles. The molecule has 0 fully saturated rings. The first-order valence-corrected chi connectivity index (χ1v) is 5.47. The van der Waals surface area contributed by atoms with E-state index in [1.807, 2.05) is 24.3 Å². The van der Waals surface area contributed by atoms with Gasteiger partial charge in [0.2, 0.25) is 5.91 Å². The number of amides is 1. The van der Waals surface area contributed by atoms with Crippen LogP contribution in [0.3, 0.4) is 0 Å². The van der Waals surface area contributed by atoms with Crippen LogP contribution in [0.1, 0.15) is 6.42 Å². The molecule has 0 aliphatic heterocycles. The molecule has 1 aromatic rings. The van der Waals surface area contributed by atoms with E-state index in [0.717, 1.165) is 9.26 Å². The lowest BCUT2D eigenvalue weighted by Gasteiger charge is -2.09. The molecule has 1 aromatic carbocycles. The Kier molecular flexibility index (Phi) is 4.59. The van der Waals surface area contributed by atoms with Crippen molar-refractivity contribution in [2.24, 2.45) is 5.73 Å². The highest BCUT2D eigenvalue weighted by molar-refractivity contribution is 14.1. The SMILES string of the molecule is C#CCC(N)C(=O)Nc1cccc(I)c1. The number of nitrogens with two attached hydrogens (primary N) is 1. The summed E-state index contributed by atoms with van der Waals surface area (Å²) in [6.07, 6.45) is 5.32. The van der Waals surface area contributed by atoms with Gasteiger partial charge in [0.25, 0.3) is 0 Å². The fourth-order valence-electron chi connectivity index (χ4n) is 1.02. The van der Waals surface area contributed by atoms with Crippen molar-refractivity contribution in [1.82, 2.24) is 0 Å². The molecule has 0 bridgehead atoms. The second kappa shape index (κ2) is 5.73. The summed E-state index contributed by atoms with van der Waals surface area (Å²) in [6.45, 7) is 0. The van der Waals surface area contributed by atoms with Crippen LogP contribution in [0.5, 0.6) is 0 Å². The van der Waals surface area contributed by atoms with Gasteiger partial charge in [-0.15, -0.1) is 12.3 Å². The second-order valence-electron chi connectivity index (χ2n) is 3.01. The lowest BCUT2D eigenvalue weighted by Crippen LogP contribution is -2.35. The molecule has 0 saturated carbocycles. The molecular formula is C11H11IN2O. The molecule has 0 aliphatic carbocycles. The van der Waals surface area contributed by atoms with Crippen molar-refractivity contribution in [3.05, 3.63) is 27.8 Å². The van der Waals surface area contributed by atoms with Gasteiger partial charge in [-0.2, -0.15) is 0 Å². The Morgan fingerprint density at radius 1 is 1.67 bits per heavy atom. The van der Waals surface area contributed by atoms with E-state index in [0.29, 0.717) is 0 Å². The van der Waals surface area contributed by atoms with Gasteiger partial charge >= 0.3 is 0 Å². The molecule has 3 nitrogen and oxygen atoms in total. The van der Waals surface area contributed by atoms with E-state index in [9.17, 15) is 4.79 Å². The number of carbonyl (C=O) groups excluding carboxylic acids is 1. The first-order valence-electron chi connectivity index (χ1n) is 4.39. The molecule has 78 valence electrons. The third-order valence-electron chi connectivity index (χ3n) is 1.77. The number of terminal acetylenes is 1. The van der Waals surface area contributed by atoms with Gasteiger partial charge in [-0.05, 0) is 40.8 Å². The van der Waals surface area contributed by atoms with Crippen molar-refractivity contribution in [2.45, 2.75) is 12.5 Å². The summed E-state index contributed by atoms with van der Waals surface area (Å²) in [5, 5.41) is 2.70. The number of hydrogen-bond acceptors (Lipinski definition) is 2. The summed E-state index contributed by atoms with van der Waals surface area (Å²) in [5.41, 5.74) is 6.29. The maximum atomic E-state index is 11.5. The van der Waals surface area contributed by atoms with Gasteiger partial charge in [0.1, 0.15) is 0 Å². The second-order valence-corrected chi connectivity index (χ2v) is 4.26. The third-order valence-corrected chi connectivity index (χ3v) is 2.44. The minimum absolute atomic E-state index is 0.246. The average Bonchev–Trinajstić information content (AvgIpc) is 2.18. The minimum Gasteiger partial charge on any atom is -0.325 e. The minimum atomic E-state index is -0.645. The Labute approximate surface area is 103 Å². The lowest BCUT2D eigenvalue weighted by atomic mass is 10.2. The van der Waals surface area contributed by atoms with E-state index >= 15 is 0 Å². The maximum Gasteiger partial charge on any atom is 0.242 e. The van der Waals surface area contributed by atoms with Gasteiger partial charge in [0.15, 0.2) is 0 Å². The molecule has 0 aromatic heterocycles. The van der Waals surface area contributed by atoms with Crippen molar-refractivity contribution in [3.8, 4) is 12.3 Å². The molecular weight excluding hydrogens is 303 g/mol. The van der Waals surface area contributed by atoms with Crippen molar-refractivity contribution >= 4 is 34.2 Å².